The number of unbranched alkanes of at least 4 members (excludes halogenated alkanes) is 3. The first-order valence-corrected chi connectivity index (χ1v) is 10.9. The number of likely N-dealkylation sites (tertiary alicyclic amines) is 1. The third-order valence-electron chi connectivity index (χ3n) is 6.15. The van der Waals surface area contributed by atoms with Crippen molar-refractivity contribution in [2.75, 3.05) is 19.6 Å². The molecule has 152 valence electrons. The minimum Gasteiger partial charge on any atom is -0.366 e. The number of rotatable bonds is 7. The maximum absolute atomic E-state index is 13.3. The van der Waals surface area contributed by atoms with Crippen molar-refractivity contribution in [3.63, 3.8) is 0 Å². The van der Waals surface area contributed by atoms with Gasteiger partial charge in [-0.2, -0.15) is 0 Å². The molecule has 4 nitrogen and oxygen atoms in total. The topological polar surface area (TPSA) is 40.6 Å². The molecule has 0 saturated carbocycles. The van der Waals surface area contributed by atoms with E-state index in [-0.39, 0.29) is 11.8 Å². The molecule has 1 unspecified atom stereocenters. The summed E-state index contributed by atoms with van der Waals surface area (Å²) in [6.07, 6.45) is 6.49. The van der Waals surface area contributed by atoms with Gasteiger partial charge in [0.25, 0.3) is 11.8 Å². The van der Waals surface area contributed by atoms with Crippen molar-refractivity contribution in [1.82, 2.24) is 9.80 Å². The van der Waals surface area contributed by atoms with Crippen LogP contribution in [0.4, 0.5) is 0 Å². The predicted octanol–water partition coefficient (Wildman–Crippen LogP) is 4.70. The lowest BCUT2D eigenvalue weighted by Gasteiger charge is -2.33. The molecule has 2 heterocycles. The maximum atomic E-state index is 13.3. The molecule has 2 amide bonds. The van der Waals surface area contributed by atoms with E-state index in [0.29, 0.717) is 23.7 Å². The van der Waals surface area contributed by atoms with Crippen molar-refractivity contribution in [3.8, 4) is 0 Å². The normalized spacial score (nSPS) is 20.5. The molecule has 0 aliphatic carbocycles. The Morgan fingerprint density at radius 1 is 1.04 bits per heavy atom. The van der Waals surface area contributed by atoms with Crippen LogP contribution in [0.1, 0.15) is 69.1 Å². The molecule has 2 aliphatic heterocycles. The van der Waals surface area contributed by atoms with Crippen LogP contribution in [0.25, 0.3) is 5.57 Å². The molecule has 1 saturated heterocycles. The summed E-state index contributed by atoms with van der Waals surface area (Å²) >= 11 is 0. The Morgan fingerprint density at radius 2 is 1.82 bits per heavy atom. The summed E-state index contributed by atoms with van der Waals surface area (Å²) in [7, 11) is 0. The number of benzene rings is 1. The summed E-state index contributed by atoms with van der Waals surface area (Å²) in [4.78, 5) is 30.3. The highest BCUT2D eigenvalue weighted by Crippen LogP contribution is 2.34. The van der Waals surface area contributed by atoms with Crippen molar-refractivity contribution < 1.29 is 9.59 Å². The number of amides is 2. The Hall–Kier alpha value is -2.10. The molecule has 3 rings (SSSR count). The minimum absolute atomic E-state index is 0.0937. The summed E-state index contributed by atoms with van der Waals surface area (Å²) in [5.41, 5.74) is 4.47. The maximum Gasteiger partial charge on any atom is 0.277 e. The van der Waals surface area contributed by atoms with Crippen LogP contribution >= 0.6 is 0 Å². The van der Waals surface area contributed by atoms with E-state index in [1.807, 2.05) is 6.07 Å². The van der Waals surface area contributed by atoms with Crippen LogP contribution in [0.3, 0.4) is 0 Å². The van der Waals surface area contributed by atoms with Gasteiger partial charge >= 0.3 is 0 Å². The van der Waals surface area contributed by atoms with Crippen molar-refractivity contribution in [1.29, 1.82) is 0 Å². The molecule has 0 bridgehead atoms. The van der Waals surface area contributed by atoms with E-state index < -0.39 is 0 Å². The number of piperidine rings is 1. The van der Waals surface area contributed by atoms with Gasteiger partial charge in [-0.3, -0.25) is 14.5 Å². The van der Waals surface area contributed by atoms with E-state index in [4.69, 9.17) is 0 Å². The Labute approximate surface area is 169 Å². The fraction of sp³-hybridized carbons (Fsp3) is 0.583. The van der Waals surface area contributed by atoms with E-state index in [1.165, 1.54) is 16.9 Å². The Balaban J connectivity index is 1.96. The van der Waals surface area contributed by atoms with Crippen LogP contribution in [0.15, 0.2) is 23.9 Å². The fourth-order valence-corrected chi connectivity index (χ4v) is 4.31. The average Bonchev–Trinajstić information content (AvgIpc) is 2.91. The lowest BCUT2D eigenvalue weighted by molar-refractivity contribution is -0.137. The van der Waals surface area contributed by atoms with Crippen molar-refractivity contribution in [2.45, 2.75) is 66.2 Å². The molecule has 1 atom stereocenters. The minimum atomic E-state index is -0.113. The third-order valence-corrected chi connectivity index (χ3v) is 6.15. The van der Waals surface area contributed by atoms with Gasteiger partial charge in [-0.1, -0.05) is 51.3 Å². The average molecular weight is 383 g/mol. The molecular formula is C24H34N2O2. The molecule has 0 spiro atoms. The summed E-state index contributed by atoms with van der Waals surface area (Å²) in [6.45, 7) is 10.8. The first-order chi connectivity index (χ1) is 13.4. The van der Waals surface area contributed by atoms with Gasteiger partial charge in [-0.25, -0.2) is 0 Å². The van der Waals surface area contributed by atoms with E-state index in [1.54, 1.807) is 0 Å². The van der Waals surface area contributed by atoms with E-state index in [0.717, 1.165) is 56.3 Å². The number of carbonyl (C=O) groups is 2. The zero-order valence-electron chi connectivity index (χ0n) is 17.9. The summed E-state index contributed by atoms with van der Waals surface area (Å²) in [6, 6.07) is 6.11. The van der Waals surface area contributed by atoms with E-state index >= 15 is 0 Å². The molecule has 28 heavy (non-hydrogen) atoms. The lowest BCUT2D eigenvalue weighted by atomic mass is 9.96. The Morgan fingerprint density at radius 3 is 2.50 bits per heavy atom. The standard InChI is InChI=1S/C24H34N2O2/c1-5-6-7-8-14-26-23(27)21(20-12-11-18(3)19(4)15-20)22(24(26)28)25-13-9-10-17(2)16-25/h11-12,15,17H,5-10,13-14,16H2,1-4H3. The van der Waals surface area contributed by atoms with E-state index in [9.17, 15) is 9.59 Å². The zero-order chi connectivity index (χ0) is 20.3. The summed E-state index contributed by atoms with van der Waals surface area (Å²) in [5, 5.41) is 0. The van der Waals surface area contributed by atoms with Crippen LogP contribution < -0.4 is 0 Å². The molecule has 1 fully saturated rings. The highest BCUT2D eigenvalue weighted by atomic mass is 16.2. The van der Waals surface area contributed by atoms with Gasteiger partial charge < -0.3 is 4.90 Å². The molecule has 4 heteroatoms. The zero-order valence-corrected chi connectivity index (χ0v) is 17.9. The summed E-state index contributed by atoms with van der Waals surface area (Å²) in [5.74, 6) is 0.338. The third kappa shape index (κ3) is 4.16. The Bertz CT molecular complexity index is 781. The smallest absolute Gasteiger partial charge is 0.277 e. The SMILES string of the molecule is CCCCCCN1C(=O)C(c2ccc(C)c(C)c2)=C(N2CCCC(C)C2)C1=O. The molecule has 2 aliphatic rings. The lowest BCUT2D eigenvalue weighted by Crippen LogP contribution is -2.39. The van der Waals surface area contributed by atoms with Crippen molar-refractivity contribution in [3.05, 3.63) is 40.6 Å². The molecule has 0 radical (unpaired) electrons. The van der Waals surface area contributed by atoms with Gasteiger partial charge in [-0.05, 0) is 55.7 Å². The van der Waals surface area contributed by atoms with E-state index in [2.05, 4.69) is 44.7 Å². The van der Waals surface area contributed by atoms with Gasteiger partial charge in [0.2, 0.25) is 0 Å². The number of hydrogen-bond donors (Lipinski definition) is 0. The second-order valence-electron chi connectivity index (χ2n) is 8.54. The summed E-state index contributed by atoms with van der Waals surface area (Å²) < 4.78 is 0. The molecule has 1 aromatic rings. The highest BCUT2D eigenvalue weighted by molar-refractivity contribution is 6.35. The number of imide groups is 1. The largest absolute Gasteiger partial charge is 0.366 e. The van der Waals surface area contributed by atoms with Crippen molar-refractivity contribution in [2.24, 2.45) is 5.92 Å². The van der Waals surface area contributed by atoms with Gasteiger partial charge in [0.05, 0.1) is 5.57 Å². The van der Waals surface area contributed by atoms with Crippen LogP contribution in [-0.4, -0.2) is 41.2 Å². The molecular weight excluding hydrogens is 348 g/mol. The number of aryl methyl sites for hydroxylation is 2. The number of carbonyl (C=O) groups excluding carboxylic acids is 2. The van der Waals surface area contributed by atoms with Gasteiger partial charge in [0.15, 0.2) is 0 Å². The van der Waals surface area contributed by atoms with Gasteiger partial charge in [0.1, 0.15) is 5.70 Å². The second-order valence-corrected chi connectivity index (χ2v) is 8.54. The molecule has 1 aromatic carbocycles. The van der Waals surface area contributed by atoms with Gasteiger partial charge in [0, 0.05) is 19.6 Å². The highest BCUT2D eigenvalue weighted by Gasteiger charge is 2.41. The Kier molecular flexibility index (Phi) is 6.58. The van der Waals surface area contributed by atoms with Crippen LogP contribution in [0, 0.1) is 19.8 Å². The molecule has 0 N–H and O–H groups in total. The van der Waals surface area contributed by atoms with Gasteiger partial charge in [-0.15, -0.1) is 0 Å². The predicted molar refractivity (Wildman–Crippen MR) is 114 cm³/mol. The number of hydrogen-bond acceptors (Lipinski definition) is 3. The van der Waals surface area contributed by atoms with Crippen LogP contribution in [0.5, 0.6) is 0 Å². The fourth-order valence-electron chi connectivity index (χ4n) is 4.31. The van der Waals surface area contributed by atoms with Crippen LogP contribution in [-0.2, 0) is 9.59 Å². The first-order valence-electron chi connectivity index (χ1n) is 10.9. The quantitative estimate of drug-likeness (QED) is 0.507. The second kappa shape index (κ2) is 8.93. The number of nitrogens with zero attached hydrogens (tertiary/aromatic N) is 2. The molecule has 0 aromatic heterocycles. The monoisotopic (exact) mass is 382 g/mol. The first kappa shape index (κ1) is 20.6. The van der Waals surface area contributed by atoms with Crippen LogP contribution in [0.2, 0.25) is 0 Å². The van der Waals surface area contributed by atoms with Crippen molar-refractivity contribution >= 4 is 17.4 Å².